The van der Waals surface area contributed by atoms with Crippen molar-refractivity contribution in [2.75, 3.05) is 17.2 Å². The van der Waals surface area contributed by atoms with Crippen molar-refractivity contribution in [1.82, 2.24) is 14.9 Å². The number of anilines is 2. The van der Waals surface area contributed by atoms with Gasteiger partial charge in [-0.25, -0.2) is 4.79 Å². The van der Waals surface area contributed by atoms with Crippen LogP contribution >= 0.6 is 12.2 Å². The molecule has 1 fully saturated rings. The van der Waals surface area contributed by atoms with Crippen LogP contribution in [0.2, 0.25) is 0 Å². The Kier molecular flexibility index (Phi) is 5.81. The van der Waals surface area contributed by atoms with Gasteiger partial charge in [-0.15, -0.1) is 0 Å². The van der Waals surface area contributed by atoms with E-state index in [4.69, 9.17) is 18.0 Å². The zero-order valence-corrected chi connectivity index (χ0v) is 14.5. The van der Waals surface area contributed by atoms with Crippen molar-refractivity contribution < 1.29 is 0 Å². The first-order chi connectivity index (χ1) is 11.0. The van der Waals surface area contributed by atoms with E-state index in [9.17, 15) is 9.59 Å². The molecule has 0 unspecified atom stereocenters. The van der Waals surface area contributed by atoms with Gasteiger partial charge in [-0.3, -0.25) is 14.3 Å². The van der Waals surface area contributed by atoms with E-state index in [1.165, 1.54) is 4.57 Å². The van der Waals surface area contributed by atoms with Gasteiger partial charge in [-0.2, -0.15) is 0 Å². The molecule has 0 radical (unpaired) electrons. The number of thiocarbonyl (C=S) groups is 1. The van der Waals surface area contributed by atoms with E-state index in [1.807, 2.05) is 13.8 Å². The van der Waals surface area contributed by atoms with Crippen molar-refractivity contribution in [2.45, 2.75) is 58.5 Å². The predicted molar refractivity (Wildman–Crippen MR) is 97.0 cm³/mol. The maximum atomic E-state index is 12.3. The highest BCUT2D eigenvalue weighted by molar-refractivity contribution is 7.80. The highest BCUT2D eigenvalue weighted by Crippen LogP contribution is 2.22. The normalized spacial score (nSPS) is 13.8. The van der Waals surface area contributed by atoms with E-state index in [-0.39, 0.29) is 11.5 Å². The molecule has 1 aromatic rings. The second kappa shape index (κ2) is 7.63. The number of aromatic nitrogens is 2. The van der Waals surface area contributed by atoms with Gasteiger partial charge in [0.05, 0.1) is 0 Å². The van der Waals surface area contributed by atoms with Crippen molar-refractivity contribution in [2.24, 2.45) is 0 Å². The first-order valence-corrected chi connectivity index (χ1v) is 8.61. The summed E-state index contributed by atoms with van der Waals surface area (Å²) in [7, 11) is 0. The minimum Gasteiger partial charge on any atom is -0.383 e. The Hall–Kier alpha value is -1.83. The monoisotopic (exact) mass is 339 g/mol. The van der Waals surface area contributed by atoms with Gasteiger partial charge in [0.1, 0.15) is 5.82 Å². The van der Waals surface area contributed by atoms with Gasteiger partial charge in [0.15, 0.2) is 10.8 Å². The summed E-state index contributed by atoms with van der Waals surface area (Å²) in [5, 5.41) is 3.72. The molecule has 0 spiro atoms. The van der Waals surface area contributed by atoms with Crippen molar-refractivity contribution >= 4 is 28.8 Å². The van der Waals surface area contributed by atoms with Crippen molar-refractivity contribution in [3.05, 3.63) is 20.8 Å². The van der Waals surface area contributed by atoms with Crippen LogP contribution in [-0.2, 0) is 6.54 Å². The van der Waals surface area contributed by atoms with E-state index in [1.54, 1.807) is 4.90 Å². The van der Waals surface area contributed by atoms with Crippen molar-refractivity contribution in [3.8, 4) is 0 Å². The summed E-state index contributed by atoms with van der Waals surface area (Å²) in [6, 6.07) is 0.383. The minimum absolute atomic E-state index is 0.181. The van der Waals surface area contributed by atoms with E-state index >= 15 is 0 Å². The Morgan fingerprint density at radius 1 is 1.39 bits per heavy atom. The fraction of sp³-hybridized carbons (Fsp3) is 0.667. The predicted octanol–water partition coefficient (Wildman–Crippen LogP) is 1.17. The minimum atomic E-state index is -0.492. The number of aromatic amines is 1. The molecule has 1 heterocycles. The van der Waals surface area contributed by atoms with Crippen LogP contribution in [0.25, 0.3) is 0 Å². The Labute approximate surface area is 140 Å². The molecule has 0 atom stereocenters. The lowest BCUT2D eigenvalue weighted by molar-refractivity contribution is 0.604. The summed E-state index contributed by atoms with van der Waals surface area (Å²) >= 11 is 5.44. The molecular weight excluding hydrogens is 314 g/mol. The molecule has 0 bridgehead atoms. The molecule has 7 nitrogen and oxygen atoms in total. The van der Waals surface area contributed by atoms with Crippen LogP contribution in [-0.4, -0.2) is 27.3 Å². The molecule has 0 amide bonds. The summed E-state index contributed by atoms with van der Waals surface area (Å²) < 4.78 is 1.42. The largest absolute Gasteiger partial charge is 0.383 e. The van der Waals surface area contributed by atoms with Gasteiger partial charge < -0.3 is 16.0 Å². The molecular formula is C15H25N5O2S. The second-order valence-corrected chi connectivity index (χ2v) is 6.26. The molecule has 8 heteroatoms. The number of unbranched alkanes of at least 4 members (excludes halogenated alkanes) is 1. The van der Waals surface area contributed by atoms with Gasteiger partial charge in [-0.05, 0) is 37.9 Å². The molecule has 0 aliphatic heterocycles. The molecule has 0 aromatic carbocycles. The number of nitrogens with zero attached hydrogens (tertiary/aromatic N) is 2. The smallest absolute Gasteiger partial charge is 0.330 e. The number of nitrogens with two attached hydrogens (primary N) is 1. The second-order valence-electron chi connectivity index (χ2n) is 5.87. The van der Waals surface area contributed by atoms with Crippen molar-refractivity contribution in [1.29, 1.82) is 0 Å². The first-order valence-electron chi connectivity index (χ1n) is 8.20. The SMILES string of the molecule is CCCCn1c(N)c(N(CCC)C(=S)NC2CC2)c(=O)[nH]c1=O. The fourth-order valence-electron chi connectivity index (χ4n) is 2.40. The van der Waals surface area contributed by atoms with Gasteiger partial charge >= 0.3 is 5.69 Å². The third kappa shape index (κ3) is 4.13. The molecule has 1 aliphatic carbocycles. The Bertz CT molecular complexity index is 677. The van der Waals surface area contributed by atoms with Crippen molar-refractivity contribution in [3.63, 3.8) is 0 Å². The third-order valence-electron chi connectivity index (χ3n) is 3.82. The van der Waals surface area contributed by atoms with Crippen LogP contribution in [0, 0.1) is 0 Å². The lowest BCUT2D eigenvalue weighted by atomic mass is 10.3. The number of nitrogen functional groups attached to an aromatic ring is 1. The van der Waals surface area contributed by atoms with Crippen LogP contribution in [0.15, 0.2) is 9.59 Å². The standard InChI is InChI=1S/C15H25N5O2S/c1-3-5-9-20-12(16)11(13(21)18-14(20)22)19(8-4-2)15(23)17-10-6-7-10/h10H,3-9,16H2,1-2H3,(H,17,23)(H,18,21,22). The number of H-pyrrole nitrogens is 1. The molecule has 1 aliphatic rings. The number of rotatable bonds is 7. The topological polar surface area (TPSA) is 96.2 Å². The Morgan fingerprint density at radius 3 is 2.65 bits per heavy atom. The zero-order chi connectivity index (χ0) is 17.0. The highest BCUT2D eigenvalue weighted by Gasteiger charge is 2.27. The lowest BCUT2D eigenvalue weighted by Crippen LogP contribution is -2.46. The molecule has 1 saturated carbocycles. The average Bonchev–Trinajstić information content (AvgIpc) is 3.29. The third-order valence-corrected chi connectivity index (χ3v) is 4.15. The van der Waals surface area contributed by atoms with Gasteiger partial charge in [0, 0.05) is 19.1 Å². The molecule has 4 N–H and O–H groups in total. The van der Waals surface area contributed by atoms with Gasteiger partial charge in [-0.1, -0.05) is 20.3 Å². The van der Waals surface area contributed by atoms with Gasteiger partial charge in [0.2, 0.25) is 0 Å². The molecule has 128 valence electrons. The van der Waals surface area contributed by atoms with Crippen LogP contribution < -0.4 is 27.2 Å². The fourth-order valence-corrected chi connectivity index (χ4v) is 2.74. The Balaban J connectivity index is 2.42. The van der Waals surface area contributed by atoms with Crippen LogP contribution in [0.1, 0.15) is 46.0 Å². The van der Waals surface area contributed by atoms with Crippen LogP contribution in [0.5, 0.6) is 0 Å². The number of nitrogens with one attached hydrogen (secondary N) is 2. The molecule has 23 heavy (non-hydrogen) atoms. The van der Waals surface area contributed by atoms with Crippen LogP contribution in [0.4, 0.5) is 11.5 Å². The van der Waals surface area contributed by atoms with E-state index in [2.05, 4.69) is 10.3 Å². The highest BCUT2D eigenvalue weighted by atomic mass is 32.1. The summed E-state index contributed by atoms with van der Waals surface area (Å²) in [6.07, 6.45) is 4.72. The summed E-state index contributed by atoms with van der Waals surface area (Å²) in [4.78, 5) is 28.4. The van der Waals surface area contributed by atoms with Crippen LogP contribution in [0.3, 0.4) is 0 Å². The molecule has 0 saturated heterocycles. The maximum Gasteiger partial charge on any atom is 0.330 e. The quantitative estimate of drug-likeness (QED) is 0.646. The average molecular weight is 339 g/mol. The summed E-state index contributed by atoms with van der Waals surface area (Å²) in [5.41, 5.74) is 5.46. The van der Waals surface area contributed by atoms with E-state index < -0.39 is 11.2 Å². The van der Waals surface area contributed by atoms with E-state index in [0.29, 0.717) is 24.2 Å². The van der Waals surface area contributed by atoms with E-state index in [0.717, 1.165) is 32.1 Å². The molecule has 1 aromatic heterocycles. The van der Waals surface area contributed by atoms with Gasteiger partial charge in [0.25, 0.3) is 5.56 Å². The number of hydrogen-bond acceptors (Lipinski definition) is 4. The summed E-state index contributed by atoms with van der Waals surface area (Å²) in [5.74, 6) is 0.181. The number of hydrogen-bond donors (Lipinski definition) is 3. The maximum absolute atomic E-state index is 12.3. The lowest BCUT2D eigenvalue weighted by Gasteiger charge is -2.26. The Morgan fingerprint density at radius 2 is 2.09 bits per heavy atom. The molecule has 2 rings (SSSR count). The first kappa shape index (κ1) is 17.5. The summed E-state index contributed by atoms with van der Waals surface area (Å²) in [6.45, 7) is 5.08. The zero-order valence-electron chi connectivity index (χ0n) is 13.7.